The van der Waals surface area contributed by atoms with Crippen LogP contribution >= 0.6 is 12.6 Å². The van der Waals surface area contributed by atoms with Gasteiger partial charge in [0.2, 0.25) is 5.91 Å². The first kappa shape index (κ1) is 23.8. The highest BCUT2D eigenvalue weighted by atomic mass is 32.1. The van der Waals surface area contributed by atoms with Crippen LogP contribution in [0, 0.1) is 11.8 Å². The Morgan fingerprint density at radius 1 is 1.00 bits per heavy atom. The predicted octanol–water partition coefficient (Wildman–Crippen LogP) is 4.10. The Balaban J connectivity index is 2.14. The summed E-state index contributed by atoms with van der Waals surface area (Å²) in [7, 11) is 0. The van der Waals surface area contributed by atoms with Crippen molar-refractivity contribution in [2.45, 2.75) is 50.8 Å². The van der Waals surface area contributed by atoms with Crippen molar-refractivity contribution in [2.75, 3.05) is 0 Å². The maximum absolute atomic E-state index is 13.1. The zero-order chi connectivity index (χ0) is 22.1. The van der Waals surface area contributed by atoms with Crippen molar-refractivity contribution in [3.8, 4) is 5.75 Å². The molecule has 0 aliphatic carbocycles. The van der Waals surface area contributed by atoms with E-state index in [2.05, 4.69) is 19.2 Å². The number of benzene rings is 2. The smallest absolute Gasteiger partial charge is 0.326 e. The molecule has 2 aromatic rings. The molecule has 5 nitrogen and oxygen atoms in total. The summed E-state index contributed by atoms with van der Waals surface area (Å²) < 4.78 is 0. The van der Waals surface area contributed by atoms with E-state index in [0.717, 1.165) is 17.5 Å². The number of nitrogens with one attached hydrogen (secondary N) is 1. The van der Waals surface area contributed by atoms with Crippen LogP contribution in [-0.2, 0) is 22.4 Å². The molecule has 0 bridgehead atoms. The van der Waals surface area contributed by atoms with Gasteiger partial charge in [-0.1, -0.05) is 62.7 Å². The Hall–Kier alpha value is -2.47. The molecule has 3 unspecified atom stereocenters. The van der Waals surface area contributed by atoms with Crippen LogP contribution in [0.25, 0.3) is 0 Å². The number of hydrogen-bond donors (Lipinski definition) is 4. The molecule has 0 spiro atoms. The number of carbonyl (C=O) groups excluding carboxylic acids is 1. The summed E-state index contributed by atoms with van der Waals surface area (Å²) in [6, 6.07) is 15.0. The molecule has 0 saturated carbocycles. The number of amides is 1. The van der Waals surface area contributed by atoms with Gasteiger partial charge in [-0.15, -0.1) is 0 Å². The molecule has 0 aliphatic rings. The summed E-state index contributed by atoms with van der Waals surface area (Å²) in [5.41, 5.74) is 1.76. The third-order valence-corrected chi connectivity index (χ3v) is 6.23. The number of phenols is 1. The van der Waals surface area contributed by atoms with E-state index in [1.54, 1.807) is 12.1 Å². The molecule has 0 aliphatic heterocycles. The molecule has 0 aromatic heterocycles. The molecule has 2 rings (SSSR count). The van der Waals surface area contributed by atoms with Gasteiger partial charge in [-0.05, 0) is 42.0 Å². The summed E-state index contributed by atoms with van der Waals surface area (Å²) >= 11 is 4.71. The molecule has 162 valence electrons. The Morgan fingerprint density at radius 2 is 1.60 bits per heavy atom. The average Bonchev–Trinajstić information content (AvgIpc) is 2.74. The van der Waals surface area contributed by atoms with E-state index in [9.17, 15) is 19.8 Å². The van der Waals surface area contributed by atoms with Crippen molar-refractivity contribution in [3.63, 3.8) is 0 Å². The van der Waals surface area contributed by atoms with Crippen LogP contribution in [0.15, 0.2) is 54.6 Å². The monoisotopic (exact) mass is 429 g/mol. The number of carboxylic acids is 1. The van der Waals surface area contributed by atoms with Crippen LogP contribution in [-0.4, -0.2) is 33.4 Å². The lowest BCUT2D eigenvalue weighted by atomic mass is 9.89. The van der Waals surface area contributed by atoms with Crippen LogP contribution in [0.5, 0.6) is 5.75 Å². The molecular weight excluding hydrogens is 398 g/mol. The second-order valence-corrected chi connectivity index (χ2v) is 8.51. The van der Waals surface area contributed by atoms with Crippen molar-refractivity contribution < 1.29 is 19.8 Å². The Labute approximate surface area is 183 Å². The third-order valence-electron chi connectivity index (χ3n) is 5.51. The zero-order valence-electron chi connectivity index (χ0n) is 17.5. The maximum atomic E-state index is 13.1. The van der Waals surface area contributed by atoms with Crippen LogP contribution in [0.3, 0.4) is 0 Å². The lowest BCUT2D eigenvalue weighted by Crippen LogP contribution is -2.46. The van der Waals surface area contributed by atoms with Crippen LogP contribution in [0.2, 0.25) is 0 Å². The molecule has 0 saturated heterocycles. The second kappa shape index (κ2) is 11.6. The minimum atomic E-state index is -1.08. The molecule has 3 N–H and O–H groups in total. The van der Waals surface area contributed by atoms with Gasteiger partial charge in [-0.25, -0.2) is 4.79 Å². The summed E-state index contributed by atoms with van der Waals surface area (Å²) in [6.07, 6.45) is 2.22. The van der Waals surface area contributed by atoms with Crippen LogP contribution in [0.1, 0.15) is 37.8 Å². The van der Waals surface area contributed by atoms with E-state index in [0.29, 0.717) is 18.8 Å². The minimum Gasteiger partial charge on any atom is -0.508 e. The van der Waals surface area contributed by atoms with E-state index in [1.165, 1.54) is 12.1 Å². The number of aromatic hydroxyl groups is 1. The number of thiol groups is 1. The van der Waals surface area contributed by atoms with Gasteiger partial charge in [-0.3, -0.25) is 4.79 Å². The number of rotatable bonds is 11. The van der Waals surface area contributed by atoms with Gasteiger partial charge in [0.05, 0.1) is 0 Å². The second-order valence-electron chi connectivity index (χ2n) is 7.85. The lowest BCUT2D eigenvalue weighted by Gasteiger charge is -2.25. The van der Waals surface area contributed by atoms with Gasteiger partial charge >= 0.3 is 5.97 Å². The highest BCUT2D eigenvalue weighted by Gasteiger charge is 2.28. The quantitative estimate of drug-likeness (QED) is 0.405. The van der Waals surface area contributed by atoms with E-state index in [-0.39, 0.29) is 29.2 Å². The summed E-state index contributed by atoms with van der Waals surface area (Å²) in [5, 5.41) is 21.8. The van der Waals surface area contributed by atoms with Gasteiger partial charge in [0, 0.05) is 17.6 Å². The molecule has 0 radical (unpaired) electrons. The highest BCUT2D eigenvalue weighted by molar-refractivity contribution is 7.81. The fourth-order valence-electron chi connectivity index (χ4n) is 3.33. The van der Waals surface area contributed by atoms with Gasteiger partial charge in [0.1, 0.15) is 11.8 Å². The first-order chi connectivity index (χ1) is 14.3. The van der Waals surface area contributed by atoms with Crippen molar-refractivity contribution in [1.29, 1.82) is 0 Å². The summed E-state index contributed by atoms with van der Waals surface area (Å²) in [6.45, 7) is 4.21. The summed E-state index contributed by atoms with van der Waals surface area (Å²) in [4.78, 5) is 24.9. The number of hydrogen-bond acceptors (Lipinski definition) is 4. The van der Waals surface area contributed by atoms with Gasteiger partial charge < -0.3 is 15.5 Å². The Morgan fingerprint density at radius 3 is 2.17 bits per heavy atom. The van der Waals surface area contributed by atoms with Crippen molar-refractivity contribution in [3.05, 3.63) is 65.7 Å². The highest BCUT2D eigenvalue weighted by Crippen LogP contribution is 2.24. The Kier molecular flexibility index (Phi) is 9.24. The molecule has 30 heavy (non-hydrogen) atoms. The zero-order valence-corrected chi connectivity index (χ0v) is 18.4. The standard InChI is InChI=1S/C24H31NO4S/c1-3-16(2)22(30)15-19(13-17-7-5-4-6-8-17)23(27)25-21(24(28)29)14-18-9-11-20(26)12-10-18/h4-12,16,19,21-22,26,30H,3,13-15H2,1-2H3,(H,25,27)(H,28,29)/t16?,19?,21-,22?/m0/s1. The number of phenolic OH excluding ortho intramolecular Hbond substituents is 1. The molecule has 2 aromatic carbocycles. The largest absolute Gasteiger partial charge is 0.508 e. The Bertz CT molecular complexity index is 810. The van der Waals surface area contributed by atoms with Gasteiger partial charge in [0.15, 0.2) is 0 Å². The van der Waals surface area contributed by atoms with Crippen LogP contribution < -0.4 is 5.32 Å². The van der Waals surface area contributed by atoms with Gasteiger partial charge in [0.25, 0.3) is 0 Å². The fourth-order valence-corrected chi connectivity index (χ4v) is 3.80. The number of carbonyl (C=O) groups is 2. The van der Waals surface area contributed by atoms with Crippen LogP contribution in [0.4, 0.5) is 0 Å². The number of aliphatic carboxylic acids is 1. The molecule has 1 amide bonds. The van der Waals surface area contributed by atoms with Gasteiger partial charge in [-0.2, -0.15) is 12.6 Å². The fraction of sp³-hybridized carbons (Fsp3) is 0.417. The van der Waals surface area contributed by atoms with E-state index in [4.69, 9.17) is 12.6 Å². The van der Waals surface area contributed by atoms with E-state index in [1.807, 2.05) is 30.3 Å². The average molecular weight is 430 g/mol. The topological polar surface area (TPSA) is 86.6 Å². The van der Waals surface area contributed by atoms with Crippen molar-refractivity contribution in [2.24, 2.45) is 11.8 Å². The SMILES string of the molecule is CCC(C)C(S)CC(Cc1ccccc1)C(=O)N[C@@H](Cc1ccc(O)cc1)C(=O)O. The third kappa shape index (κ3) is 7.41. The molecular formula is C24H31NO4S. The first-order valence-electron chi connectivity index (χ1n) is 10.3. The summed E-state index contributed by atoms with van der Waals surface area (Å²) in [5.74, 6) is -1.26. The maximum Gasteiger partial charge on any atom is 0.326 e. The van der Waals surface area contributed by atoms with Crippen molar-refractivity contribution >= 4 is 24.5 Å². The minimum absolute atomic E-state index is 0.0508. The first-order valence-corrected chi connectivity index (χ1v) is 10.8. The normalized spacial score (nSPS) is 15.0. The van der Waals surface area contributed by atoms with E-state index < -0.39 is 12.0 Å². The van der Waals surface area contributed by atoms with Crippen molar-refractivity contribution in [1.82, 2.24) is 5.32 Å². The molecule has 0 heterocycles. The molecule has 4 atom stereocenters. The predicted molar refractivity (Wildman–Crippen MR) is 122 cm³/mol. The molecule has 0 fully saturated rings. The molecule has 6 heteroatoms. The lowest BCUT2D eigenvalue weighted by molar-refractivity contribution is -0.142. The van der Waals surface area contributed by atoms with E-state index >= 15 is 0 Å². The number of carboxylic acid groups (broad SMARTS) is 1.